The number of pyridine rings is 1. The second kappa shape index (κ2) is 21.1. The molecule has 0 aliphatic carbocycles. The van der Waals surface area contributed by atoms with Crippen LogP contribution in [0.2, 0.25) is 5.02 Å². The Bertz CT molecular complexity index is 2630. The fourth-order valence-corrected chi connectivity index (χ4v) is 7.35. The summed E-state index contributed by atoms with van der Waals surface area (Å²) in [6.07, 6.45) is 3.09. The standard InChI is InChI=1S/C46H44ClN3O14/c1-3-60-38-24-40-33(22-32(38)27-20-28(26-48-25-27)46(56)61-4-2)36(51)23-39(64-40)30-9-8-29(21-34(30)47)62-18-16-58-14-12-57-13-15-59-17-19-63-37-7-5-6-31-42(37)45(55)50(44(31)54)35-10-11-41(52)49-43(35)53/h5-9,20-26,35H,3-4,10-19H2,1-2H3,(H,49,52,53). The van der Waals surface area contributed by atoms with Crippen LogP contribution < -0.4 is 25.0 Å². The highest BCUT2D eigenvalue weighted by Crippen LogP contribution is 2.37. The number of carbonyl (C=O) groups is 5. The summed E-state index contributed by atoms with van der Waals surface area (Å²) in [5, 5.41) is 2.79. The second-order valence-electron chi connectivity index (χ2n) is 14.2. The first-order valence-corrected chi connectivity index (χ1v) is 21.0. The number of aromatic nitrogens is 1. The van der Waals surface area contributed by atoms with Gasteiger partial charge in [0.25, 0.3) is 11.8 Å². The third-order valence-corrected chi connectivity index (χ3v) is 10.4. The van der Waals surface area contributed by atoms with Gasteiger partial charge in [-0.25, -0.2) is 4.79 Å². The van der Waals surface area contributed by atoms with E-state index >= 15 is 0 Å². The summed E-state index contributed by atoms with van der Waals surface area (Å²) in [7, 11) is 0. The molecule has 2 aliphatic heterocycles. The predicted molar refractivity (Wildman–Crippen MR) is 230 cm³/mol. The molecule has 1 atom stereocenters. The van der Waals surface area contributed by atoms with Gasteiger partial charge in [-0.3, -0.25) is 39.2 Å². The van der Waals surface area contributed by atoms with Gasteiger partial charge in [-0.15, -0.1) is 0 Å². The first-order valence-electron chi connectivity index (χ1n) is 20.6. The van der Waals surface area contributed by atoms with Gasteiger partial charge in [0.05, 0.1) is 80.0 Å². The van der Waals surface area contributed by atoms with E-state index in [9.17, 15) is 28.8 Å². The molecule has 4 amide bonds. The molecule has 0 bridgehead atoms. The van der Waals surface area contributed by atoms with Crippen LogP contribution in [0.15, 0.2) is 82.3 Å². The fourth-order valence-electron chi connectivity index (χ4n) is 7.09. The molecule has 18 heteroatoms. The van der Waals surface area contributed by atoms with E-state index in [2.05, 4.69) is 10.3 Å². The third kappa shape index (κ3) is 10.4. The lowest BCUT2D eigenvalue weighted by Crippen LogP contribution is -2.54. The van der Waals surface area contributed by atoms with Crippen LogP contribution in [0, 0.1) is 0 Å². The number of halogens is 1. The summed E-state index contributed by atoms with van der Waals surface area (Å²) in [4.78, 5) is 81.0. The smallest absolute Gasteiger partial charge is 0.339 e. The molecular weight excluding hydrogens is 854 g/mol. The van der Waals surface area contributed by atoms with E-state index in [-0.39, 0.29) is 91.7 Å². The van der Waals surface area contributed by atoms with Gasteiger partial charge in [0.15, 0.2) is 5.43 Å². The van der Waals surface area contributed by atoms with Crippen LogP contribution in [0.3, 0.4) is 0 Å². The first kappa shape index (κ1) is 45.4. The zero-order chi connectivity index (χ0) is 45.2. The third-order valence-electron chi connectivity index (χ3n) is 10.1. The molecule has 3 aromatic carbocycles. The van der Waals surface area contributed by atoms with Gasteiger partial charge in [-0.2, -0.15) is 0 Å². The van der Waals surface area contributed by atoms with E-state index < -0.39 is 35.6 Å². The molecule has 0 radical (unpaired) electrons. The van der Waals surface area contributed by atoms with Crippen molar-refractivity contribution >= 4 is 52.2 Å². The Labute approximate surface area is 371 Å². The fraction of sp³-hybridized carbons (Fsp3) is 0.326. The van der Waals surface area contributed by atoms with Gasteiger partial charge in [0.2, 0.25) is 11.8 Å². The van der Waals surface area contributed by atoms with Crippen molar-refractivity contribution in [2.75, 3.05) is 66.1 Å². The average molecular weight is 898 g/mol. The normalized spacial score (nSPS) is 14.7. The van der Waals surface area contributed by atoms with Crippen LogP contribution in [0.5, 0.6) is 17.2 Å². The van der Waals surface area contributed by atoms with E-state index in [0.29, 0.717) is 65.0 Å². The number of nitrogens with zero attached hydrogens (tertiary/aromatic N) is 2. The van der Waals surface area contributed by atoms with E-state index in [1.165, 1.54) is 18.3 Å². The van der Waals surface area contributed by atoms with Crippen molar-refractivity contribution in [2.24, 2.45) is 0 Å². The van der Waals surface area contributed by atoms with Crippen molar-refractivity contribution in [3.8, 4) is 39.7 Å². The number of imide groups is 2. The molecule has 4 heterocycles. The largest absolute Gasteiger partial charge is 0.493 e. The van der Waals surface area contributed by atoms with E-state index in [0.717, 1.165) is 4.90 Å². The van der Waals surface area contributed by atoms with Gasteiger partial charge in [0, 0.05) is 47.6 Å². The summed E-state index contributed by atoms with van der Waals surface area (Å²) in [6.45, 7) is 6.14. The van der Waals surface area contributed by atoms with Crippen LogP contribution >= 0.6 is 11.6 Å². The van der Waals surface area contributed by atoms with Crippen LogP contribution in [0.25, 0.3) is 33.4 Å². The van der Waals surface area contributed by atoms with Crippen molar-refractivity contribution in [1.82, 2.24) is 15.2 Å². The van der Waals surface area contributed by atoms with Crippen LogP contribution in [0.1, 0.15) is 57.8 Å². The number of benzene rings is 3. The lowest BCUT2D eigenvalue weighted by Gasteiger charge is -2.27. The second-order valence-corrected chi connectivity index (χ2v) is 14.6. The lowest BCUT2D eigenvalue weighted by atomic mass is 10.0. The highest BCUT2D eigenvalue weighted by molar-refractivity contribution is 6.33. The number of rotatable bonds is 21. The zero-order valence-corrected chi connectivity index (χ0v) is 35.7. The number of carbonyl (C=O) groups excluding carboxylic acids is 5. The van der Waals surface area contributed by atoms with Crippen molar-refractivity contribution in [3.05, 3.63) is 105 Å². The molecule has 2 aromatic heterocycles. The quantitative estimate of drug-likeness (QED) is 0.0536. The Balaban J connectivity index is 0.813. The Kier molecular flexibility index (Phi) is 15.0. The maximum absolute atomic E-state index is 13.4. The van der Waals surface area contributed by atoms with Crippen molar-refractivity contribution < 1.29 is 61.5 Å². The molecule has 1 unspecified atom stereocenters. The average Bonchev–Trinajstić information content (AvgIpc) is 3.54. The first-order chi connectivity index (χ1) is 31.1. The zero-order valence-electron chi connectivity index (χ0n) is 35.0. The van der Waals surface area contributed by atoms with Crippen molar-refractivity contribution in [1.29, 1.82) is 0 Å². The maximum atomic E-state index is 13.4. The van der Waals surface area contributed by atoms with E-state index in [1.807, 2.05) is 6.92 Å². The Hall–Kier alpha value is -6.66. The van der Waals surface area contributed by atoms with E-state index in [4.69, 9.17) is 49.2 Å². The molecule has 1 N–H and O–H groups in total. The molecule has 64 heavy (non-hydrogen) atoms. The van der Waals surface area contributed by atoms with Crippen molar-refractivity contribution in [2.45, 2.75) is 32.7 Å². The molecule has 17 nitrogen and oxygen atoms in total. The molecule has 334 valence electrons. The maximum Gasteiger partial charge on any atom is 0.339 e. The summed E-state index contributed by atoms with van der Waals surface area (Å²) in [6, 6.07) is 14.9. The number of amides is 4. The summed E-state index contributed by atoms with van der Waals surface area (Å²) < 4.78 is 45.5. The molecule has 5 aromatic rings. The number of piperidine rings is 1. The van der Waals surface area contributed by atoms with Crippen molar-refractivity contribution in [3.63, 3.8) is 0 Å². The molecule has 1 saturated heterocycles. The molecule has 0 saturated carbocycles. The van der Waals surface area contributed by atoms with Gasteiger partial charge in [-0.05, 0) is 62.7 Å². The van der Waals surface area contributed by atoms with Gasteiger partial charge >= 0.3 is 5.97 Å². The Morgan fingerprint density at radius 3 is 2.20 bits per heavy atom. The number of hydrogen-bond donors (Lipinski definition) is 1. The minimum absolute atomic E-state index is 0.0314. The minimum atomic E-state index is -1.06. The summed E-state index contributed by atoms with van der Waals surface area (Å²) in [5.74, 6) is -1.50. The topological polar surface area (TPSA) is 208 Å². The van der Waals surface area contributed by atoms with E-state index in [1.54, 1.807) is 61.7 Å². The highest BCUT2D eigenvalue weighted by atomic mass is 35.5. The molecule has 0 spiro atoms. The van der Waals surface area contributed by atoms with Gasteiger partial charge in [-0.1, -0.05) is 17.7 Å². The number of fused-ring (bicyclic) bond motifs is 2. The minimum Gasteiger partial charge on any atom is -0.493 e. The van der Waals surface area contributed by atoms with Gasteiger partial charge < -0.3 is 37.6 Å². The van der Waals surface area contributed by atoms with Crippen LogP contribution in [-0.4, -0.2) is 112 Å². The predicted octanol–water partition coefficient (Wildman–Crippen LogP) is 5.66. The number of nitrogens with one attached hydrogen (secondary N) is 1. The SMILES string of the molecule is CCOC(=O)c1cncc(-c2cc3c(=O)cc(-c4ccc(OCCOCCOCCOCCOc5cccc6c5C(=O)N(C5CCC(=O)NC5=O)C6=O)cc4Cl)oc3cc2OCC)c1. The lowest BCUT2D eigenvalue weighted by molar-refractivity contribution is -0.136. The van der Waals surface area contributed by atoms with Gasteiger partial charge in [0.1, 0.15) is 47.8 Å². The number of hydrogen-bond acceptors (Lipinski definition) is 15. The monoisotopic (exact) mass is 897 g/mol. The van der Waals surface area contributed by atoms with Crippen LogP contribution in [0.4, 0.5) is 0 Å². The molecule has 7 rings (SSSR count). The number of esters is 1. The highest BCUT2D eigenvalue weighted by Gasteiger charge is 2.46. The summed E-state index contributed by atoms with van der Waals surface area (Å²) >= 11 is 6.64. The Morgan fingerprint density at radius 2 is 1.50 bits per heavy atom. The molecular formula is C46H44ClN3O14. The molecule has 1 fully saturated rings. The Morgan fingerprint density at radius 1 is 0.766 bits per heavy atom. The molecule has 2 aliphatic rings. The number of ether oxygens (including phenoxy) is 7. The summed E-state index contributed by atoms with van der Waals surface area (Å²) in [5.41, 5.74) is 2.08. The van der Waals surface area contributed by atoms with Crippen LogP contribution in [-0.2, 0) is 28.5 Å².